The van der Waals surface area contributed by atoms with Crippen molar-refractivity contribution in [2.75, 3.05) is 6.61 Å². The zero-order valence-electron chi connectivity index (χ0n) is 14.8. The van der Waals surface area contributed by atoms with Gasteiger partial charge in [0.05, 0.1) is 17.7 Å². The summed E-state index contributed by atoms with van der Waals surface area (Å²) in [6.07, 6.45) is 0. The number of nitrogens with one attached hydrogen (secondary N) is 1. The number of amides is 1. The fourth-order valence-electron chi connectivity index (χ4n) is 2.49. The van der Waals surface area contributed by atoms with Gasteiger partial charge in [-0.15, -0.1) is 0 Å². The Labute approximate surface area is 157 Å². The molecule has 1 N–H and O–H groups in total. The smallest absolute Gasteiger partial charge is 0.333 e. The number of Topliss-reactive ketones (excluding diaryl/α,β-unsaturated/α-hetero) is 1. The lowest BCUT2D eigenvalue weighted by Crippen LogP contribution is -2.37. The number of ether oxygens (including phenoxy) is 1. The number of hydrogen-bond donors (Lipinski definition) is 1. The van der Waals surface area contributed by atoms with Gasteiger partial charge in [0.15, 0.2) is 35.1 Å². The van der Waals surface area contributed by atoms with Gasteiger partial charge in [0.25, 0.3) is 5.91 Å². The topological polar surface area (TPSA) is 72.5 Å². The highest BCUT2D eigenvalue weighted by molar-refractivity contribution is 5.97. The minimum atomic E-state index is -2.18. The minimum Gasteiger partial charge on any atom is -0.464 e. The van der Waals surface area contributed by atoms with E-state index in [-0.39, 0.29) is 12.2 Å². The Balaban J connectivity index is 2.60. The Morgan fingerprint density at radius 3 is 1.96 bits per heavy atom. The number of esters is 1. The van der Waals surface area contributed by atoms with Crippen LogP contribution >= 0.6 is 0 Å². The molecule has 1 amide bonds. The molecular formula is C19H15F4NO4. The van der Waals surface area contributed by atoms with E-state index in [2.05, 4.69) is 4.74 Å². The summed E-state index contributed by atoms with van der Waals surface area (Å²) >= 11 is 0. The van der Waals surface area contributed by atoms with Crippen LogP contribution in [0, 0.1) is 23.3 Å². The van der Waals surface area contributed by atoms with Crippen LogP contribution in [0.5, 0.6) is 0 Å². The van der Waals surface area contributed by atoms with E-state index in [1.165, 1.54) is 31.2 Å². The second kappa shape index (κ2) is 8.64. The Morgan fingerprint density at radius 2 is 1.50 bits per heavy atom. The maximum atomic E-state index is 14.5. The lowest BCUT2D eigenvalue weighted by molar-refractivity contribution is -0.145. The average molecular weight is 397 g/mol. The molecule has 9 heteroatoms. The van der Waals surface area contributed by atoms with Gasteiger partial charge in [-0.3, -0.25) is 9.59 Å². The quantitative estimate of drug-likeness (QED) is 0.351. The summed E-state index contributed by atoms with van der Waals surface area (Å²) in [4.78, 5) is 35.8. The predicted molar refractivity (Wildman–Crippen MR) is 89.6 cm³/mol. The van der Waals surface area contributed by atoms with Crippen LogP contribution in [-0.4, -0.2) is 24.3 Å². The first-order chi connectivity index (χ1) is 13.2. The molecule has 0 aliphatic heterocycles. The molecule has 28 heavy (non-hydrogen) atoms. The maximum Gasteiger partial charge on any atom is 0.333 e. The van der Waals surface area contributed by atoms with Crippen LogP contribution in [0.3, 0.4) is 0 Å². The van der Waals surface area contributed by atoms with Crippen molar-refractivity contribution in [3.63, 3.8) is 0 Å². The van der Waals surface area contributed by atoms with Gasteiger partial charge >= 0.3 is 5.97 Å². The van der Waals surface area contributed by atoms with Crippen LogP contribution in [0.4, 0.5) is 17.6 Å². The molecule has 0 spiro atoms. The van der Waals surface area contributed by atoms with Gasteiger partial charge in [0.1, 0.15) is 0 Å². The molecule has 2 aromatic rings. The van der Waals surface area contributed by atoms with Gasteiger partial charge in [0, 0.05) is 5.56 Å². The summed E-state index contributed by atoms with van der Waals surface area (Å²) in [5.74, 6) is -11.4. The Morgan fingerprint density at radius 1 is 0.964 bits per heavy atom. The van der Waals surface area contributed by atoms with E-state index in [0.717, 1.165) is 6.92 Å². The molecule has 0 bridgehead atoms. The highest BCUT2D eigenvalue weighted by Crippen LogP contribution is 2.30. The van der Waals surface area contributed by atoms with Crippen molar-refractivity contribution in [1.82, 2.24) is 5.32 Å². The monoisotopic (exact) mass is 397 g/mol. The van der Waals surface area contributed by atoms with Crippen molar-refractivity contribution in [2.24, 2.45) is 0 Å². The normalized spacial score (nSPS) is 11.6. The predicted octanol–water partition coefficient (Wildman–Crippen LogP) is 3.48. The molecule has 0 saturated carbocycles. The molecule has 1 unspecified atom stereocenters. The van der Waals surface area contributed by atoms with Gasteiger partial charge in [-0.25, -0.2) is 22.4 Å². The third-order valence-corrected chi connectivity index (χ3v) is 3.77. The fourth-order valence-corrected chi connectivity index (χ4v) is 2.49. The van der Waals surface area contributed by atoms with Gasteiger partial charge in [-0.05, 0) is 26.0 Å². The zero-order chi connectivity index (χ0) is 21.0. The Hall–Kier alpha value is -3.23. The summed E-state index contributed by atoms with van der Waals surface area (Å²) in [5, 5.41) is 2.01. The highest BCUT2D eigenvalue weighted by atomic mass is 19.2. The largest absolute Gasteiger partial charge is 0.464 e. The van der Waals surface area contributed by atoms with E-state index in [0.29, 0.717) is 0 Å². The van der Waals surface area contributed by atoms with Crippen LogP contribution < -0.4 is 5.32 Å². The maximum absolute atomic E-state index is 14.5. The van der Waals surface area contributed by atoms with Crippen molar-refractivity contribution in [2.45, 2.75) is 19.9 Å². The van der Waals surface area contributed by atoms with Crippen LogP contribution in [-0.2, 0) is 9.53 Å². The van der Waals surface area contributed by atoms with Crippen LogP contribution in [0.2, 0.25) is 0 Å². The van der Waals surface area contributed by atoms with Gasteiger partial charge in [0.2, 0.25) is 0 Å². The highest BCUT2D eigenvalue weighted by Gasteiger charge is 2.36. The average Bonchev–Trinajstić information content (AvgIpc) is 2.66. The van der Waals surface area contributed by atoms with Gasteiger partial charge < -0.3 is 10.1 Å². The van der Waals surface area contributed by atoms with Crippen LogP contribution in [0.15, 0.2) is 30.3 Å². The standard InChI is InChI=1S/C19H15F4NO4/c1-3-28-19(27)17(24-18(26)10-7-5-4-6-8-10)12-15(22)13(20)11(9(2)25)14(21)16(12)23/h4-8,17H,3H2,1-2H3,(H,24,26). The molecule has 2 rings (SSSR count). The molecule has 0 aromatic heterocycles. The van der Waals surface area contributed by atoms with Crippen LogP contribution in [0.1, 0.15) is 46.2 Å². The summed E-state index contributed by atoms with van der Waals surface area (Å²) in [6.45, 7) is 1.89. The number of benzene rings is 2. The lowest BCUT2D eigenvalue weighted by atomic mass is 9.99. The third-order valence-electron chi connectivity index (χ3n) is 3.77. The molecular weight excluding hydrogens is 382 g/mol. The molecule has 5 nitrogen and oxygen atoms in total. The number of rotatable bonds is 6. The first-order valence-electron chi connectivity index (χ1n) is 8.09. The molecule has 0 radical (unpaired) electrons. The first kappa shape index (κ1) is 21.1. The van der Waals surface area contributed by atoms with E-state index < -0.39 is 58.1 Å². The van der Waals surface area contributed by atoms with Gasteiger partial charge in [-0.1, -0.05) is 18.2 Å². The number of carbonyl (C=O) groups is 3. The summed E-state index contributed by atoms with van der Waals surface area (Å²) in [7, 11) is 0. The van der Waals surface area contributed by atoms with Crippen molar-refractivity contribution in [3.05, 3.63) is 70.3 Å². The molecule has 148 valence electrons. The van der Waals surface area contributed by atoms with Crippen molar-refractivity contribution < 1.29 is 36.7 Å². The second-order valence-corrected chi connectivity index (χ2v) is 5.63. The fraction of sp³-hybridized carbons (Fsp3) is 0.211. The van der Waals surface area contributed by atoms with Crippen LogP contribution in [0.25, 0.3) is 0 Å². The summed E-state index contributed by atoms with van der Waals surface area (Å²) in [6, 6.07) is 5.11. The van der Waals surface area contributed by atoms with Gasteiger partial charge in [-0.2, -0.15) is 0 Å². The lowest BCUT2D eigenvalue weighted by Gasteiger charge is -2.20. The number of halogens is 4. The molecule has 0 fully saturated rings. The number of ketones is 1. The number of hydrogen-bond acceptors (Lipinski definition) is 4. The van der Waals surface area contributed by atoms with E-state index in [9.17, 15) is 31.9 Å². The second-order valence-electron chi connectivity index (χ2n) is 5.63. The SMILES string of the molecule is CCOC(=O)C(NC(=O)c1ccccc1)c1c(F)c(F)c(C(C)=O)c(F)c1F. The minimum absolute atomic E-state index is 0.0268. The molecule has 0 aliphatic rings. The van der Waals surface area contributed by atoms with Crippen molar-refractivity contribution in [1.29, 1.82) is 0 Å². The summed E-state index contributed by atoms with van der Waals surface area (Å²) < 4.78 is 61.9. The molecule has 0 heterocycles. The van der Waals surface area contributed by atoms with E-state index in [1.807, 2.05) is 5.32 Å². The third kappa shape index (κ3) is 4.03. The Bertz CT molecular complexity index is 902. The molecule has 1 atom stereocenters. The Kier molecular flexibility index (Phi) is 6.50. The number of carbonyl (C=O) groups excluding carboxylic acids is 3. The first-order valence-corrected chi connectivity index (χ1v) is 8.09. The molecule has 2 aromatic carbocycles. The van der Waals surface area contributed by atoms with Crippen molar-refractivity contribution in [3.8, 4) is 0 Å². The molecule has 0 aliphatic carbocycles. The van der Waals surface area contributed by atoms with E-state index >= 15 is 0 Å². The van der Waals surface area contributed by atoms with E-state index in [4.69, 9.17) is 0 Å². The van der Waals surface area contributed by atoms with Crippen molar-refractivity contribution >= 4 is 17.7 Å². The molecule has 0 saturated heterocycles. The summed E-state index contributed by atoms with van der Waals surface area (Å²) in [5.41, 5.74) is -2.79. The van der Waals surface area contributed by atoms with E-state index in [1.54, 1.807) is 6.07 Å². The zero-order valence-corrected chi connectivity index (χ0v) is 14.8.